The van der Waals surface area contributed by atoms with Crippen molar-refractivity contribution >= 4 is 22.0 Å². The third kappa shape index (κ3) is 1.10. The number of hydrogen-bond acceptors (Lipinski definition) is 5. The molecule has 0 aromatic carbocycles. The molecule has 6 nitrogen and oxygen atoms in total. The van der Waals surface area contributed by atoms with Gasteiger partial charge < -0.3 is 0 Å². The lowest BCUT2D eigenvalue weighted by atomic mass is 10.4. The third-order valence-electron chi connectivity index (χ3n) is 1.80. The predicted molar refractivity (Wildman–Crippen MR) is 50.7 cm³/mol. The lowest BCUT2D eigenvalue weighted by Crippen LogP contribution is -2.18. The third-order valence-corrected chi connectivity index (χ3v) is 2.56. The molecule has 0 atom stereocenters. The van der Waals surface area contributed by atoms with Gasteiger partial charge in [-0.2, -0.15) is 0 Å². The summed E-state index contributed by atoms with van der Waals surface area (Å²) in [6.07, 6.45) is 1.47. The zero-order valence-electron chi connectivity index (χ0n) is 7.13. The minimum atomic E-state index is -0.700. The van der Waals surface area contributed by atoms with E-state index in [1.54, 1.807) is 5.38 Å². The number of nitrogens with zero attached hydrogens (tertiary/aromatic N) is 3. The van der Waals surface area contributed by atoms with E-state index in [-0.39, 0.29) is 5.69 Å². The Labute approximate surface area is 81.6 Å². The quantitative estimate of drug-likeness (QED) is 0.520. The van der Waals surface area contributed by atoms with E-state index < -0.39 is 16.2 Å². The Morgan fingerprint density at radius 3 is 3.00 bits per heavy atom. The van der Waals surface area contributed by atoms with Crippen LogP contribution in [0.15, 0.2) is 16.4 Å². The Hall–Kier alpha value is -1.76. The van der Waals surface area contributed by atoms with Crippen LogP contribution >= 0.6 is 11.3 Å². The van der Waals surface area contributed by atoms with Crippen LogP contribution in [0.1, 0.15) is 5.69 Å². The second-order valence-corrected chi connectivity index (χ2v) is 3.54. The zero-order chi connectivity index (χ0) is 10.3. The van der Waals surface area contributed by atoms with Gasteiger partial charge in [0.2, 0.25) is 0 Å². The van der Waals surface area contributed by atoms with Crippen LogP contribution in [0, 0.1) is 17.0 Å². The average Bonchev–Trinajstić information content (AvgIpc) is 2.50. The van der Waals surface area contributed by atoms with Crippen molar-refractivity contribution in [3.63, 3.8) is 0 Å². The number of aryl methyl sites for hydroxylation is 1. The first kappa shape index (κ1) is 8.82. The molecule has 72 valence electrons. The maximum Gasteiger partial charge on any atom is 0.355 e. The van der Waals surface area contributed by atoms with Gasteiger partial charge in [0, 0.05) is 11.6 Å². The summed E-state index contributed by atoms with van der Waals surface area (Å²) in [5.74, 6) is 0. The molecule has 0 fully saturated rings. The van der Waals surface area contributed by atoms with Crippen molar-refractivity contribution < 1.29 is 4.92 Å². The lowest BCUT2D eigenvalue weighted by molar-refractivity contribution is -0.387. The first-order valence-corrected chi connectivity index (χ1v) is 4.60. The van der Waals surface area contributed by atoms with Crippen molar-refractivity contribution in [3.8, 4) is 0 Å². The number of thiazole rings is 1. The fraction of sp³-hybridized carbons (Fsp3) is 0.143. The number of fused-ring (bicyclic) bond motifs is 1. The molecule has 0 saturated carbocycles. The van der Waals surface area contributed by atoms with Gasteiger partial charge in [-0.1, -0.05) is 0 Å². The van der Waals surface area contributed by atoms with Crippen LogP contribution in [0.2, 0.25) is 0 Å². The maximum atomic E-state index is 11.5. The highest BCUT2D eigenvalue weighted by Crippen LogP contribution is 2.13. The smallest absolute Gasteiger partial charge is 0.261 e. The van der Waals surface area contributed by atoms with Crippen LogP contribution in [0.3, 0.4) is 0 Å². The van der Waals surface area contributed by atoms with Crippen molar-refractivity contribution in [3.05, 3.63) is 37.7 Å². The Kier molecular flexibility index (Phi) is 1.81. The minimum Gasteiger partial charge on any atom is -0.261 e. The molecule has 2 rings (SSSR count). The summed E-state index contributed by atoms with van der Waals surface area (Å²) in [5.41, 5.74) is -0.929. The topological polar surface area (TPSA) is 77.5 Å². The normalized spacial score (nSPS) is 10.6. The highest BCUT2D eigenvalue weighted by Gasteiger charge is 2.20. The Morgan fingerprint density at radius 1 is 1.64 bits per heavy atom. The van der Waals surface area contributed by atoms with E-state index in [4.69, 9.17) is 0 Å². The van der Waals surface area contributed by atoms with Crippen molar-refractivity contribution in [2.24, 2.45) is 0 Å². The van der Waals surface area contributed by atoms with Gasteiger partial charge in [0.05, 0.1) is 4.92 Å². The molecular formula is C7H5N3O3S. The molecule has 2 aromatic heterocycles. The van der Waals surface area contributed by atoms with E-state index in [2.05, 4.69) is 4.98 Å². The van der Waals surface area contributed by atoms with Crippen molar-refractivity contribution in [1.29, 1.82) is 0 Å². The standard InChI is InChI=1S/C7H5N3O3S/c1-4-5(10(12)13)6(11)9-2-3-14-7(9)8-4/h2-3H,1H3. The predicted octanol–water partition coefficient (Wildman–Crippen LogP) is 0.973. The van der Waals surface area contributed by atoms with E-state index >= 15 is 0 Å². The average molecular weight is 211 g/mol. The number of aromatic nitrogens is 2. The summed E-state index contributed by atoms with van der Waals surface area (Å²) in [7, 11) is 0. The van der Waals surface area contributed by atoms with Gasteiger partial charge in [-0.05, 0) is 6.92 Å². The molecule has 0 aliphatic rings. The van der Waals surface area contributed by atoms with Gasteiger partial charge in [-0.3, -0.25) is 19.3 Å². The van der Waals surface area contributed by atoms with Crippen molar-refractivity contribution in [1.82, 2.24) is 9.38 Å². The van der Waals surface area contributed by atoms with Gasteiger partial charge in [-0.25, -0.2) is 4.98 Å². The van der Waals surface area contributed by atoms with Gasteiger partial charge in [-0.15, -0.1) is 11.3 Å². The molecule has 0 amide bonds. The van der Waals surface area contributed by atoms with Crippen molar-refractivity contribution in [2.75, 3.05) is 0 Å². The highest BCUT2D eigenvalue weighted by atomic mass is 32.1. The van der Waals surface area contributed by atoms with E-state index in [1.807, 2.05) is 0 Å². The molecule has 0 saturated heterocycles. The van der Waals surface area contributed by atoms with E-state index in [0.29, 0.717) is 4.96 Å². The molecule has 0 bridgehead atoms. The largest absolute Gasteiger partial charge is 0.355 e. The van der Waals surface area contributed by atoms with Gasteiger partial charge in [0.25, 0.3) is 0 Å². The lowest BCUT2D eigenvalue weighted by Gasteiger charge is -1.96. The Bertz CT molecular complexity index is 571. The van der Waals surface area contributed by atoms with Crippen LogP contribution in [-0.4, -0.2) is 14.3 Å². The van der Waals surface area contributed by atoms with Crippen molar-refractivity contribution in [2.45, 2.75) is 6.92 Å². The number of rotatable bonds is 1. The fourth-order valence-corrected chi connectivity index (χ4v) is 1.93. The molecule has 0 unspecified atom stereocenters. The molecule has 0 radical (unpaired) electrons. The Morgan fingerprint density at radius 2 is 2.36 bits per heavy atom. The molecule has 0 aliphatic carbocycles. The molecule has 2 aromatic rings. The van der Waals surface area contributed by atoms with E-state index in [9.17, 15) is 14.9 Å². The molecule has 0 spiro atoms. The van der Waals surface area contributed by atoms with E-state index in [0.717, 1.165) is 0 Å². The highest BCUT2D eigenvalue weighted by molar-refractivity contribution is 7.15. The van der Waals surface area contributed by atoms with Gasteiger partial charge in [0.15, 0.2) is 4.96 Å². The molecule has 2 heterocycles. The van der Waals surface area contributed by atoms with Gasteiger partial charge >= 0.3 is 11.2 Å². The number of hydrogen-bond donors (Lipinski definition) is 0. The summed E-state index contributed by atoms with van der Waals surface area (Å²) < 4.78 is 1.18. The molecular weight excluding hydrogens is 206 g/mol. The minimum absolute atomic E-state index is 0.155. The van der Waals surface area contributed by atoms with Crippen LogP contribution in [-0.2, 0) is 0 Å². The molecule has 0 N–H and O–H groups in total. The van der Waals surface area contributed by atoms with Gasteiger partial charge in [0.1, 0.15) is 5.69 Å². The molecule has 0 aliphatic heterocycles. The monoisotopic (exact) mass is 211 g/mol. The summed E-state index contributed by atoms with van der Waals surface area (Å²) in [6.45, 7) is 1.46. The van der Waals surface area contributed by atoms with Crippen LogP contribution < -0.4 is 5.56 Å². The summed E-state index contributed by atoms with van der Waals surface area (Å²) in [4.78, 5) is 25.8. The SMILES string of the molecule is Cc1nc2sccn2c(=O)c1[N+](=O)[O-]. The fourth-order valence-electron chi connectivity index (χ4n) is 1.18. The van der Waals surface area contributed by atoms with Crippen LogP contribution in [0.25, 0.3) is 4.96 Å². The second-order valence-electron chi connectivity index (χ2n) is 2.66. The van der Waals surface area contributed by atoms with Crippen LogP contribution in [0.5, 0.6) is 0 Å². The molecule has 14 heavy (non-hydrogen) atoms. The van der Waals surface area contributed by atoms with Crippen LogP contribution in [0.4, 0.5) is 5.69 Å². The van der Waals surface area contributed by atoms with E-state index in [1.165, 1.54) is 28.9 Å². The summed E-state index contributed by atoms with van der Waals surface area (Å²) in [5, 5.41) is 12.2. The first-order chi connectivity index (χ1) is 6.61. The maximum absolute atomic E-state index is 11.5. The molecule has 7 heteroatoms. The zero-order valence-corrected chi connectivity index (χ0v) is 7.95. The summed E-state index contributed by atoms with van der Waals surface area (Å²) >= 11 is 1.27. The summed E-state index contributed by atoms with van der Waals surface area (Å²) in [6, 6.07) is 0. The second kappa shape index (κ2) is 2.88. The Balaban J connectivity index is 2.97. The number of nitro groups is 1. The first-order valence-electron chi connectivity index (χ1n) is 3.72.